The Hall–Kier alpha value is -1.42. The molecular formula is C16H20FN3. The second-order valence-corrected chi connectivity index (χ2v) is 6.51. The maximum atomic E-state index is 13.6. The van der Waals surface area contributed by atoms with Crippen LogP contribution in [-0.2, 0) is 5.41 Å². The number of halogens is 1. The lowest BCUT2D eigenvalue weighted by Crippen LogP contribution is -2.42. The standard InChI is InChI=1S/C16H20FN3/c1-16(7-2-8-18-10-16)15-19-13-6-3-11(17)9-14(13)20(15)12-4-5-12/h3,6,9,12,18H,2,4-5,7-8,10H2,1H3. The average molecular weight is 273 g/mol. The number of imidazole rings is 1. The van der Waals surface area contributed by atoms with Crippen molar-refractivity contribution in [3.63, 3.8) is 0 Å². The lowest BCUT2D eigenvalue weighted by molar-refractivity contribution is 0.314. The Morgan fingerprint density at radius 3 is 2.95 bits per heavy atom. The summed E-state index contributed by atoms with van der Waals surface area (Å²) in [5.74, 6) is 0.977. The molecule has 20 heavy (non-hydrogen) atoms. The molecule has 4 rings (SSSR count). The van der Waals surface area contributed by atoms with Crippen LogP contribution in [0.15, 0.2) is 18.2 Å². The minimum atomic E-state index is -0.169. The third-order valence-corrected chi connectivity index (χ3v) is 4.70. The van der Waals surface area contributed by atoms with Crippen molar-refractivity contribution in [2.24, 2.45) is 0 Å². The van der Waals surface area contributed by atoms with Crippen LogP contribution in [0.1, 0.15) is 44.5 Å². The lowest BCUT2D eigenvalue weighted by atomic mass is 9.82. The summed E-state index contributed by atoms with van der Waals surface area (Å²) >= 11 is 0. The van der Waals surface area contributed by atoms with E-state index in [0.29, 0.717) is 6.04 Å². The van der Waals surface area contributed by atoms with E-state index in [9.17, 15) is 4.39 Å². The Morgan fingerprint density at radius 2 is 2.25 bits per heavy atom. The van der Waals surface area contributed by atoms with Crippen LogP contribution < -0.4 is 5.32 Å². The van der Waals surface area contributed by atoms with E-state index in [-0.39, 0.29) is 11.2 Å². The largest absolute Gasteiger partial charge is 0.324 e. The molecule has 1 aromatic carbocycles. The van der Waals surface area contributed by atoms with E-state index in [1.54, 1.807) is 6.07 Å². The summed E-state index contributed by atoms with van der Waals surface area (Å²) in [5.41, 5.74) is 1.96. The maximum absolute atomic E-state index is 13.6. The topological polar surface area (TPSA) is 29.9 Å². The van der Waals surface area contributed by atoms with Crippen molar-refractivity contribution >= 4 is 11.0 Å². The van der Waals surface area contributed by atoms with Gasteiger partial charge in [-0.1, -0.05) is 6.92 Å². The van der Waals surface area contributed by atoms with Crippen LogP contribution in [-0.4, -0.2) is 22.6 Å². The molecule has 1 saturated carbocycles. The fourth-order valence-corrected chi connectivity index (χ4v) is 3.44. The second kappa shape index (κ2) is 4.29. The number of hydrogen-bond donors (Lipinski definition) is 1. The van der Waals surface area contributed by atoms with Gasteiger partial charge in [0.25, 0.3) is 0 Å². The van der Waals surface area contributed by atoms with Crippen molar-refractivity contribution in [1.82, 2.24) is 14.9 Å². The van der Waals surface area contributed by atoms with Crippen molar-refractivity contribution in [3.05, 3.63) is 29.8 Å². The Morgan fingerprint density at radius 1 is 1.40 bits per heavy atom. The van der Waals surface area contributed by atoms with E-state index in [0.717, 1.165) is 36.4 Å². The molecule has 0 bridgehead atoms. The van der Waals surface area contributed by atoms with E-state index in [1.807, 2.05) is 6.07 Å². The van der Waals surface area contributed by atoms with E-state index in [2.05, 4.69) is 16.8 Å². The van der Waals surface area contributed by atoms with Crippen LogP contribution in [0.3, 0.4) is 0 Å². The third kappa shape index (κ3) is 1.85. The van der Waals surface area contributed by atoms with Crippen LogP contribution in [0, 0.1) is 5.82 Å². The molecule has 2 heterocycles. The van der Waals surface area contributed by atoms with Crippen LogP contribution in [0.5, 0.6) is 0 Å². The predicted molar refractivity (Wildman–Crippen MR) is 77.4 cm³/mol. The molecule has 1 atom stereocenters. The van der Waals surface area contributed by atoms with Gasteiger partial charge < -0.3 is 9.88 Å². The first-order valence-corrected chi connectivity index (χ1v) is 7.56. The number of aromatic nitrogens is 2. The SMILES string of the molecule is CC1(c2nc3ccc(F)cc3n2C2CC2)CCCNC1. The summed E-state index contributed by atoms with van der Waals surface area (Å²) in [6, 6.07) is 5.49. The third-order valence-electron chi connectivity index (χ3n) is 4.70. The summed E-state index contributed by atoms with van der Waals surface area (Å²) in [7, 11) is 0. The zero-order valence-electron chi connectivity index (χ0n) is 11.8. The molecule has 1 aromatic heterocycles. The molecule has 1 aliphatic carbocycles. The molecule has 1 aliphatic heterocycles. The highest BCUT2D eigenvalue weighted by molar-refractivity contribution is 5.76. The predicted octanol–water partition coefficient (Wildman–Crippen LogP) is 3.15. The smallest absolute Gasteiger partial charge is 0.125 e. The molecule has 2 aromatic rings. The van der Waals surface area contributed by atoms with Gasteiger partial charge in [0.05, 0.1) is 11.0 Å². The number of nitrogens with zero attached hydrogens (tertiary/aromatic N) is 2. The zero-order chi connectivity index (χ0) is 13.7. The van der Waals surface area contributed by atoms with Crippen LogP contribution in [0.4, 0.5) is 4.39 Å². The van der Waals surface area contributed by atoms with Gasteiger partial charge in [-0.05, 0) is 50.4 Å². The molecule has 1 N–H and O–H groups in total. The Labute approximate surface area is 118 Å². The van der Waals surface area contributed by atoms with Gasteiger partial charge in [0.2, 0.25) is 0 Å². The fraction of sp³-hybridized carbons (Fsp3) is 0.562. The van der Waals surface area contributed by atoms with Crippen LogP contribution in [0.25, 0.3) is 11.0 Å². The Balaban J connectivity index is 1.91. The molecule has 0 radical (unpaired) electrons. The van der Waals surface area contributed by atoms with E-state index in [4.69, 9.17) is 4.98 Å². The number of hydrogen-bond acceptors (Lipinski definition) is 2. The molecule has 0 amide bonds. The van der Waals surface area contributed by atoms with Gasteiger partial charge in [-0.15, -0.1) is 0 Å². The molecule has 1 saturated heterocycles. The van der Waals surface area contributed by atoms with Crippen LogP contribution in [0.2, 0.25) is 0 Å². The van der Waals surface area contributed by atoms with Gasteiger partial charge >= 0.3 is 0 Å². The second-order valence-electron chi connectivity index (χ2n) is 6.51. The summed E-state index contributed by atoms with van der Waals surface area (Å²) in [5, 5.41) is 3.49. The highest BCUT2D eigenvalue weighted by Gasteiger charge is 2.38. The van der Waals surface area contributed by atoms with Crippen molar-refractivity contribution in [2.75, 3.05) is 13.1 Å². The van der Waals surface area contributed by atoms with Gasteiger partial charge in [-0.2, -0.15) is 0 Å². The van der Waals surface area contributed by atoms with E-state index >= 15 is 0 Å². The highest BCUT2D eigenvalue weighted by Crippen LogP contribution is 2.42. The van der Waals surface area contributed by atoms with Gasteiger partial charge in [0.1, 0.15) is 11.6 Å². The molecule has 1 unspecified atom stereocenters. The molecular weight excluding hydrogens is 253 g/mol. The van der Waals surface area contributed by atoms with Gasteiger partial charge in [0, 0.05) is 18.0 Å². The first-order chi connectivity index (χ1) is 9.67. The van der Waals surface area contributed by atoms with Crippen molar-refractivity contribution < 1.29 is 4.39 Å². The number of fused-ring (bicyclic) bond motifs is 1. The number of piperidine rings is 1. The molecule has 4 heteroatoms. The monoisotopic (exact) mass is 273 g/mol. The molecule has 106 valence electrons. The minimum Gasteiger partial charge on any atom is -0.324 e. The summed E-state index contributed by atoms with van der Waals surface area (Å²) in [6.45, 7) is 4.34. The average Bonchev–Trinajstić information content (AvgIpc) is 3.20. The lowest BCUT2D eigenvalue weighted by Gasteiger charge is -2.34. The zero-order valence-corrected chi connectivity index (χ0v) is 11.8. The Kier molecular flexibility index (Phi) is 2.64. The quantitative estimate of drug-likeness (QED) is 0.911. The number of nitrogens with one attached hydrogen (secondary N) is 1. The van der Waals surface area contributed by atoms with Gasteiger partial charge in [-0.3, -0.25) is 0 Å². The summed E-state index contributed by atoms with van der Waals surface area (Å²) < 4.78 is 15.9. The number of rotatable bonds is 2. The fourth-order valence-electron chi connectivity index (χ4n) is 3.44. The van der Waals surface area contributed by atoms with Gasteiger partial charge in [-0.25, -0.2) is 9.37 Å². The van der Waals surface area contributed by atoms with E-state index < -0.39 is 0 Å². The highest BCUT2D eigenvalue weighted by atomic mass is 19.1. The van der Waals surface area contributed by atoms with Gasteiger partial charge in [0.15, 0.2) is 0 Å². The van der Waals surface area contributed by atoms with E-state index in [1.165, 1.54) is 25.3 Å². The van der Waals surface area contributed by atoms with Crippen LogP contribution >= 0.6 is 0 Å². The molecule has 2 aliphatic rings. The van der Waals surface area contributed by atoms with Crippen molar-refractivity contribution in [1.29, 1.82) is 0 Å². The number of benzene rings is 1. The first-order valence-electron chi connectivity index (χ1n) is 7.56. The molecule has 0 spiro atoms. The van der Waals surface area contributed by atoms with Crippen molar-refractivity contribution in [3.8, 4) is 0 Å². The first kappa shape index (κ1) is 12.3. The Bertz CT molecular complexity index is 651. The summed E-state index contributed by atoms with van der Waals surface area (Å²) in [6.07, 6.45) is 4.72. The molecule has 3 nitrogen and oxygen atoms in total. The minimum absolute atomic E-state index is 0.0658. The normalized spacial score (nSPS) is 27.1. The molecule has 2 fully saturated rings. The maximum Gasteiger partial charge on any atom is 0.125 e. The van der Waals surface area contributed by atoms with Crippen molar-refractivity contribution in [2.45, 2.75) is 44.1 Å². The summed E-state index contributed by atoms with van der Waals surface area (Å²) in [4.78, 5) is 4.87.